The van der Waals surface area contributed by atoms with Gasteiger partial charge in [0, 0.05) is 25.3 Å². The van der Waals surface area contributed by atoms with Crippen molar-refractivity contribution in [2.75, 3.05) is 6.54 Å². The van der Waals surface area contributed by atoms with E-state index in [9.17, 15) is 9.59 Å². The minimum absolute atomic E-state index is 0.00958. The van der Waals surface area contributed by atoms with Crippen LogP contribution in [0.3, 0.4) is 0 Å². The second-order valence-electron chi connectivity index (χ2n) is 4.65. The Labute approximate surface area is 92.6 Å². The molecule has 0 fully saturated rings. The number of nitrogens with one attached hydrogen (secondary N) is 1. The predicted molar refractivity (Wildman–Crippen MR) is 61.5 cm³/mol. The summed E-state index contributed by atoms with van der Waals surface area (Å²) in [5.74, 6) is 0.787. The van der Waals surface area contributed by atoms with Gasteiger partial charge in [-0.05, 0) is 12.3 Å². The van der Waals surface area contributed by atoms with Crippen molar-refractivity contribution in [3.05, 3.63) is 0 Å². The minimum Gasteiger partial charge on any atom is -0.356 e. The van der Waals surface area contributed by atoms with Crippen molar-refractivity contribution in [1.29, 1.82) is 0 Å². The highest BCUT2D eigenvalue weighted by Gasteiger charge is 2.09. The van der Waals surface area contributed by atoms with Crippen molar-refractivity contribution < 1.29 is 9.59 Å². The van der Waals surface area contributed by atoms with Crippen LogP contribution in [0, 0.1) is 11.8 Å². The van der Waals surface area contributed by atoms with E-state index in [1.165, 1.54) is 0 Å². The largest absolute Gasteiger partial charge is 0.356 e. The molecule has 15 heavy (non-hydrogen) atoms. The molecule has 3 nitrogen and oxygen atoms in total. The molecule has 0 spiro atoms. The highest BCUT2D eigenvalue weighted by Crippen LogP contribution is 2.02. The average Bonchev–Trinajstić information content (AvgIpc) is 2.13. The number of carbonyl (C=O) groups excluding carboxylic acids is 2. The van der Waals surface area contributed by atoms with Crippen LogP contribution in [0.15, 0.2) is 0 Å². The van der Waals surface area contributed by atoms with Crippen molar-refractivity contribution in [2.24, 2.45) is 11.8 Å². The molecule has 1 amide bonds. The van der Waals surface area contributed by atoms with Gasteiger partial charge in [-0.25, -0.2) is 0 Å². The molecule has 0 atom stereocenters. The maximum absolute atomic E-state index is 11.3. The van der Waals surface area contributed by atoms with Crippen molar-refractivity contribution in [1.82, 2.24) is 5.32 Å². The van der Waals surface area contributed by atoms with E-state index in [4.69, 9.17) is 0 Å². The highest BCUT2D eigenvalue weighted by atomic mass is 16.2. The zero-order valence-electron chi connectivity index (χ0n) is 10.3. The normalized spacial score (nSPS) is 10.8. The number of Topliss-reactive ketones (excluding diaryl/α,β-unsaturated/α-hetero) is 1. The molecule has 0 aromatic heterocycles. The predicted octanol–water partition coefficient (Wildman–Crippen LogP) is 2.15. The molecule has 0 unspecified atom stereocenters. The molecular formula is C12H23NO2. The number of hydrogen-bond donors (Lipinski definition) is 1. The molecular weight excluding hydrogens is 190 g/mol. The van der Waals surface area contributed by atoms with Crippen LogP contribution >= 0.6 is 0 Å². The van der Waals surface area contributed by atoms with Gasteiger partial charge in [0.2, 0.25) is 5.91 Å². The van der Waals surface area contributed by atoms with Gasteiger partial charge in [-0.3, -0.25) is 9.59 Å². The molecule has 0 saturated carbocycles. The fraction of sp³-hybridized carbons (Fsp3) is 0.833. The van der Waals surface area contributed by atoms with Crippen LogP contribution in [0.1, 0.15) is 47.0 Å². The summed E-state index contributed by atoms with van der Waals surface area (Å²) in [6, 6.07) is 0. The van der Waals surface area contributed by atoms with E-state index < -0.39 is 0 Å². The molecule has 0 saturated heterocycles. The molecule has 0 aliphatic carbocycles. The Bertz CT molecular complexity index is 210. The first kappa shape index (κ1) is 14.1. The zero-order chi connectivity index (χ0) is 11.8. The maximum Gasteiger partial charge on any atom is 0.220 e. The van der Waals surface area contributed by atoms with Crippen molar-refractivity contribution in [2.45, 2.75) is 47.0 Å². The van der Waals surface area contributed by atoms with E-state index in [-0.39, 0.29) is 17.6 Å². The first-order valence-corrected chi connectivity index (χ1v) is 5.73. The van der Waals surface area contributed by atoms with E-state index in [0.29, 0.717) is 25.3 Å². The van der Waals surface area contributed by atoms with E-state index >= 15 is 0 Å². The summed E-state index contributed by atoms with van der Waals surface area (Å²) in [7, 11) is 0. The molecule has 0 aliphatic heterocycles. The molecule has 0 heterocycles. The van der Waals surface area contributed by atoms with Crippen molar-refractivity contribution in [3.8, 4) is 0 Å². The third-order valence-electron chi connectivity index (χ3n) is 2.29. The third-order valence-corrected chi connectivity index (χ3v) is 2.29. The van der Waals surface area contributed by atoms with Crippen LogP contribution in [0.2, 0.25) is 0 Å². The average molecular weight is 213 g/mol. The second-order valence-corrected chi connectivity index (χ2v) is 4.65. The molecule has 0 rings (SSSR count). The summed E-state index contributed by atoms with van der Waals surface area (Å²) < 4.78 is 0. The fourth-order valence-electron chi connectivity index (χ4n) is 1.11. The SMILES string of the molecule is CC(C)CCNC(=O)CCC(=O)C(C)C. The van der Waals surface area contributed by atoms with Crippen LogP contribution in [-0.4, -0.2) is 18.2 Å². The topological polar surface area (TPSA) is 46.2 Å². The van der Waals surface area contributed by atoms with Gasteiger partial charge >= 0.3 is 0 Å². The van der Waals surface area contributed by atoms with Crippen LogP contribution in [0.5, 0.6) is 0 Å². The molecule has 0 aromatic rings. The highest BCUT2D eigenvalue weighted by molar-refractivity contribution is 5.85. The van der Waals surface area contributed by atoms with Crippen molar-refractivity contribution in [3.63, 3.8) is 0 Å². The van der Waals surface area contributed by atoms with Gasteiger partial charge in [0.1, 0.15) is 5.78 Å². The summed E-state index contributed by atoms with van der Waals surface area (Å²) in [6.07, 6.45) is 1.68. The Morgan fingerprint density at radius 3 is 2.13 bits per heavy atom. The summed E-state index contributed by atoms with van der Waals surface area (Å²) in [5.41, 5.74) is 0. The quantitative estimate of drug-likeness (QED) is 0.704. The summed E-state index contributed by atoms with van der Waals surface area (Å²) in [4.78, 5) is 22.5. The van der Waals surface area contributed by atoms with Crippen LogP contribution in [-0.2, 0) is 9.59 Å². The monoisotopic (exact) mass is 213 g/mol. The number of ketones is 1. The van der Waals surface area contributed by atoms with Gasteiger partial charge in [-0.1, -0.05) is 27.7 Å². The molecule has 1 N–H and O–H groups in total. The Morgan fingerprint density at radius 1 is 1.07 bits per heavy atom. The maximum atomic E-state index is 11.3. The van der Waals surface area contributed by atoms with Crippen LogP contribution in [0.4, 0.5) is 0 Å². The molecule has 0 bridgehead atoms. The summed E-state index contributed by atoms with van der Waals surface area (Å²) in [5, 5.41) is 2.82. The smallest absolute Gasteiger partial charge is 0.220 e. The lowest BCUT2D eigenvalue weighted by molar-refractivity contribution is -0.126. The second kappa shape index (κ2) is 7.43. The number of hydrogen-bond acceptors (Lipinski definition) is 2. The lowest BCUT2D eigenvalue weighted by atomic mass is 10.0. The number of carbonyl (C=O) groups is 2. The Morgan fingerprint density at radius 2 is 1.67 bits per heavy atom. The zero-order valence-corrected chi connectivity index (χ0v) is 10.3. The molecule has 88 valence electrons. The van der Waals surface area contributed by atoms with Gasteiger partial charge in [0.15, 0.2) is 0 Å². The first-order chi connectivity index (χ1) is 6.93. The standard InChI is InChI=1S/C12H23NO2/c1-9(2)7-8-13-12(15)6-5-11(14)10(3)4/h9-10H,5-8H2,1-4H3,(H,13,15). The van der Waals surface area contributed by atoms with Gasteiger partial charge in [0.05, 0.1) is 0 Å². The lowest BCUT2D eigenvalue weighted by Gasteiger charge is -2.07. The number of rotatable bonds is 7. The minimum atomic E-state index is -0.00958. The summed E-state index contributed by atoms with van der Waals surface area (Å²) in [6.45, 7) is 8.67. The van der Waals surface area contributed by atoms with Gasteiger partial charge < -0.3 is 5.32 Å². The first-order valence-electron chi connectivity index (χ1n) is 5.73. The molecule has 0 aliphatic rings. The number of amides is 1. The van der Waals surface area contributed by atoms with E-state index in [0.717, 1.165) is 6.42 Å². The van der Waals surface area contributed by atoms with Crippen molar-refractivity contribution >= 4 is 11.7 Å². The lowest BCUT2D eigenvalue weighted by Crippen LogP contribution is -2.26. The van der Waals surface area contributed by atoms with E-state index in [1.807, 2.05) is 13.8 Å². The molecule has 3 heteroatoms. The van der Waals surface area contributed by atoms with Crippen LogP contribution < -0.4 is 5.32 Å². The fourth-order valence-corrected chi connectivity index (χ4v) is 1.11. The van der Waals surface area contributed by atoms with Gasteiger partial charge in [0.25, 0.3) is 0 Å². The Hall–Kier alpha value is -0.860. The van der Waals surface area contributed by atoms with E-state index in [2.05, 4.69) is 19.2 Å². The van der Waals surface area contributed by atoms with E-state index in [1.54, 1.807) is 0 Å². The summed E-state index contributed by atoms with van der Waals surface area (Å²) >= 11 is 0. The third kappa shape index (κ3) is 8.16. The molecule has 0 radical (unpaired) electrons. The molecule has 0 aromatic carbocycles. The Balaban J connectivity index is 3.54. The Kier molecular flexibility index (Phi) is 7.01. The van der Waals surface area contributed by atoms with Gasteiger partial charge in [-0.15, -0.1) is 0 Å². The van der Waals surface area contributed by atoms with Gasteiger partial charge in [-0.2, -0.15) is 0 Å². The van der Waals surface area contributed by atoms with Crippen LogP contribution in [0.25, 0.3) is 0 Å².